The Bertz CT molecular complexity index is 1090. The van der Waals surface area contributed by atoms with Crippen molar-refractivity contribution in [1.29, 1.82) is 0 Å². The summed E-state index contributed by atoms with van der Waals surface area (Å²) >= 11 is 1.54. The van der Waals surface area contributed by atoms with Gasteiger partial charge in [0.1, 0.15) is 29.7 Å². The number of amides is 2. The summed E-state index contributed by atoms with van der Waals surface area (Å²) in [6.07, 6.45) is 0.516. The number of aliphatic hydroxyl groups is 1. The summed E-state index contributed by atoms with van der Waals surface area (Å²) in [5.74, 6) is 0.574. The van der Waals surface area contributed by atoms with E-state index < -0.39 is 6.04 Å². The third kappa shape index (κ3) is 3.90. The molecule has 0 saturated carbocycles. The van der Waals surface area contributed by atoms with Crippen LogP contribution in [0.25, 0.3) is 11.0 Å². The minimum absolute atomic E-state index is 0.0955. The number of likely N-dealkylation sites (tertiary alicyclic amines) is 1. The summed E-state index contributed by atoms with van der Waals surface area (Å²) < 4.78 is 11.6. The van der Waals surface area contributed by atoms with E-state index in [0.29, 0.717) is 47.6 Å². The number of furan rings is 1. The van der Waals surface area contributed by atoms with Crippen LogP contribution in [0.5, 0.6) is 5.75 Å². The fourth-order valence-corrected chi connectivity index (χ4v) is 4.32. The number of aromatic nitrogens is 1. The molecule has 8 nitrogen and oxygen atoms in total. The van der Waals surface area contributed by atoms with Gasteiger partial charge in [0, 0.05) is 18.5 Å². The molecule has 1 unspecified atom stereocenters. The average Bonchev–Trinajstić information content (AvgIpc) is 3.38. The second kappa shape index (κ2) is 8.45. The highest BCUT2D eigenvalue weighted by Crippen LogP contribution is 2.30. The molecule has 2 aromatic heterocycles. The SMILES string of the molecule is Cc1ncsc1COc1ccc2oc(C)c(C(=O)NC3CCN(CCO)C3=O)c2c1. The maximum absolute atomic E-state index is 13.0. The van der Waals surface area contributed by atoms with Crippen LogP contribution in [0, 0.1) is 13.8 Å². The van der Waals surface area contributed by atoms with Crippen LogP contribution in [0.1, 0.15) is 33.1 Å². The highest BCUT2D eigenvalue weighted by Gasteiger charge is 2.33. The van der Waals surface area contributed by atoms with E-state index in [1.807, 2.05) is 6.92 Å². The molecular weight excluding hydrogens is 406 g/mol. The van der Waals surface area contributed by atoms with Crippen LogP contribution in [0.3, 0.4) is 0 Å². The lowest BCUT2D eigenvalue weighted by Crippen LogP contribution is -2.42. The van der Waals surface area contributed by atoms with E-state index in [-0.39, 0.29) is 25.0 Å². The molecule has 1 fully saturated rings. The van der Waals surface area contributed by atoms with Gasteiger partial charge in [0.2, 0.25) is 5.91 Å². The molecule has 0 bridgehead atoms. The molecule has 1 aromatic carbocycles. The van der Waals surface area contributed by atoms with Crippen molar-refractivity contribution < 1.29 is 23.8 Å². The standard InChI is InChI=1S/C21H23N3O5S/c1-12-18(30-11-22-12)10-28-14-3-4-17-15(9-14)19(13(2)29-17)20(26)23-16-5-6-24(7-8-25)21(16)27/h3-4,9,11,16,25H,5-8,10H2,1-2H3,(H,23,26). The number of rotatable bonds is 7. The van der Waals surface area contributed by atoms with Gasteiger partial charge < -0.3 is 24.5 Å². The summed E-state index contributed by atoms with van der Waals surface area (Å²) in [6, 6.07) is 4.77. The van der Waals surface area contributed by atoms with Crippen molar-refractivity contribution in [3.8, 4) is 5.75 Å². The Morgan fingerprint density at radius 3 is 3.00 bits per heavy atom. The molecule has 30 heavy (non-hydrogen) atoms. The maximum Gasteiger partial charge on any atom is 0.256 e. The monoisotopic (exact) mass is 429 g/mol. The predicted molar refractivity (Wildman–Crippen MR) is 112 cm³/mol. The summed E-state index contributed by atoms with van der Waals surface area (Å²) in [6.45, 7) is 4.76. The van der Waals surface area contributed by atoms with E-state index >= 15 is 0 Å². The Labute approximate surface area is 177 Å². The second-order valence-electron chi connectivity index (χ2n) is 7.20. The minimum atomic E-state index is -0.595. The average molecular weight is 429 g/mol. The van der Waals surface area contributed by atoms with Crippen molar-refractivity contribution in [3.63, 3.8) is 0 Å². The molecule has 1 aliphatic rings. The molecule has 0 spiro atoms. The fourth-order valence-electron chi connectivity index (χ4n) is 3.63. The van der Waals surface area contributed by atoms with Crippen LogP contribution in [0.4, 0.5) is 0 Å². The van der Waals surface area contributed by atoms with Gasteiger partial charge in [-0.05, 0) is 38.5 Å². The molecular formula is C21H23N3O5S. The molecule has 4 rings (SSSR count). The summed E-state index contributed by atoms with van der Waals surface area (Å²) in [5, 5.41) is 12.5. The van der Waals surface area contributed by atoms with Crippen molar-refractivity contribution in [2.45, 2.75) is 32.9 Å². The number of aryl methyl sites for hydroxylation is 2. The Kier molecular flexibility index (Phi) is 5.74. The van der Waals surface area contributed by atoms with Gasteiger partial charge in [0.25, 0.3) is 5.91 Å². The molecule has 9 heteroatoms. The van der Waals surface area contributed by atoms with E-state index in [2.05, 4.69) is 10.3 Å². The van der Waals surface area contributed by atoms with Crippen LogP contribution >= 0.6 is 11.3 Å². The van der Waals surface area contributed by atoms with E-state index in [1.54, 1.807) is 35.5 Å². The van der Waals surface area contributed by atoms with E-state index in [1.165, 1.54) is 11.3 Å². The number of carbonyl (C=O) groups is 2. The van der Waals surface area contributed by atoms with Crippen LogP contribution < -0.4 is 10.1 Å². The van der Waals surface area contributed by atoms with Gasteiger partial charge in [0.05, 0.1) is 28.3 Å². The number of hydrogen-bond acceptors (Lipinski definition) is 7. The Morgan fingerprint density at radius 2 is 2.27 bits per heavy atom. The van der Waals surface area contributed by atoms with Crippen LogP contribution in [0.15, 0.2) is 28.1 Å². The molecule has 1 aliphatic heterocycles. The van der Waals surface area contributed by atoms with Crippen molar-refractivity contribution >= 4 is 34.1 Å². The Balaban J connectivity index is 1.53. The molecule has 3 heterocycles. The van der Waals surface area contributed by atoms with E-state index in [4.69, 9.17) is 14.3 Å². The normalized spacial score (nSPS) is 16.4. The molecule has 0 radical (unpaired) electrons. The van der Waals surface area contributed by atoms with Crippen molar-refractivity contribution in [1.82, 2.24) is 15.2 Å². The molecule has 3 aromatic rings. The topological polar surface area (TPSA) is 105 Å². The zero-order valence-electron chi connectivity index (χ0n) is 16.8. The summed E-state index contributed by atoms with van der Waals surface area (Å²) in [4.78, 5) is 32.2. The third-order valence-electron chi connectivity index (χ3n) is 5.25. The number of nitrogens with zero attached hydrogens (tertiary/aromatic N) is 2. The van der Waals surface area contributed by atoms with Crippen molar-refractivity contribution in [3.05, 3.63) is 45.6 Å². The summed E-state index contributed by atoms with van der Waals surface area (Å²) in [5.41, 5.74) is 3.71. The first kappa shape index (κ1) is 20.4. The number of benzene rings is 1. The number of thiazole rings is 1. The zero-order chi connectivity index (χ0) is 21.3. The lowest BCUT2D eigenvalue weighted by molar-refractivity contribution is -0.129. The smallest absolute Gasteiger partial charge is 0.256 e. The highest BCUT2D eigenvalue weighted by molar-refractivity contribution is 7.09. The van der Waals surface area contributed by atoms with Gasteiger partial charge in [-0.3, -0.25) is 9.59 Å². The Morgan fingerprint density at radius 1 is 1.43 bits per heavy atom. The molecule has 2 amide bonds. The largest absolute Gasteiger partial charge is 0.488 e. The van der Waals surface area contributed by atoms with E-state index in [9.17, 15) is 9.59 Å². The molecule has 1 saturated heterocycles. The minimum Gasteiger partial charge on any atom is -0.488 e. The summed E-state index contributed by atoms with van der Waals surface area (Å²) in [7, 11) is 0. The quantitative estimate of drug-likeness (QED) is 0.598. The van der Waals surface area contributed by atoms with Gasteiger partial charge in [-0.15, -0.1) is 11.3 Å². The predicted octanol–water partition coefficient (Wildman–Crippen LogP) is 2.41. The molecule has 1 atom stereocenters. The van der Waals surface area contributed by atoms with Gasteiger partial charge >= 0.3 is 0 Å². The first-order valence-electron chi connectivity index (χ1n) is 9.73. The number of fused-ring (bicyclic) bond motifs is 1. The molecule has 0 aliphatic carbocycles. The number of aliphatic hydroxyl groups excluding tert-OH is 1. The lowest BCUT2D eigenvalue weighted by atomic mass is 10.1. The fraction of sp³-hybridized carbons (Fsp3) is 0.381. The van der Waals surface area contributed by atoms with Crippen LogP contribution in [0.2, 0.25) is 0 Å². The highest BCUT2D eigenvalue weighted by atomic mass is 32.1. The second-order valence-corrected chi connectivity index (χ2v) is 8.14. The Hall–Kier alpha value is -2.91. The lowest BCUT2D eigenvalue weighted by Gasteiger charge is -2.15. The first-order valence-corrected chi connectivity index (χ1v) is 10.6. The van der Waals surface area contributed by atoms with Gasteiger partial charge in [-0.1, -0.05) is 0 Å². The van der Waals surface area contributed by atoms with Crippen molar-refractivity contribution in [2.75, 3.05) is 19.7 Å². The molecule has 158 valence electrons. The van der Waals surface area contributed by atoms with Gasteiger partial charge in [0.15, 0.2) is 0 Å². The number of β-amino-alcohol motifs (C(OH)–C–C–N with tert-alkyl or cyclic N) is 1. The number of ether oxygens (including phenoxy) is 1. The zero-order valence-corrected chi connectivity index (χ0v) is 17.6. The number of nitrogens with one attached hydrogen (secondary N) is 1. The number of carbonyl (C=O) groups excluding carboxylic acids is 2. The van der Waals surface area contributed by atoms with Crippen LogP contribution in [-0.4, -0.2) is 52.5 Å². The van der Waals surface area contributed by atoms with Gasteiger partial charge in [-0.25, -0.2) is 4.98 Å². The first-order chi connectivity index (χ1) is 14.5. The number of hydrogen-bond donors (Lipinski definition) is 2. The maximum atomic E-state index is 13.0. The van der Waals surface area contributed by atoms with E-state index in [0.717, 1.165) is 10.6 Å². The van der Waals surface area contributed by atoms with Crippen molar-refractivity contribution in [2.24, 2.45) is 0 Å². The van der Waals surface area contributed by atoms with Gasteiger partial charge in [-0.2, -0.15) is 0 Å². The third-order valence-corrected chi connectivity index (χ3v) is 6.16. The molecule has 2 N–H and O–H groups in total. The van der Waals surface area contributed by atoms with Crippen LogP contribution in [-0.2, 0) is 11.4 Å².